The van der Waals surface area contributed by atoms with E-state index in [0.717, 1.165) is 17.2 Å². The molecule has 20 heavy (non-hydrogen) atoms. The molecule has 0 aliphatic heterocycles. The number of amides is 1. The van der Waals surface area contributed by atoms with Crippen molar-refractivity contribution < 1.29 is 4.79 Å². The number of hydrogen-bond donors (Lipinski definition) is 2. The van der Waals surface area contributed by atoms with Crippen molar-refractivity contribution in [2.45, 2.75) is 13.5 Å². The lowest BCUT2D eigenvalue weighted by Crippen LogP contribution is -2.22. The van der Waals surface area contributed by atoms with E-state index in [1.165, 1.54) is 4.90 Å². The molecule has 0 saturated heterocycles. The van der Waals surface area contributed by atoms with Gasteiger partial charge in [0.1, 0.15) is 5.82 Å². The lowest BCUT2D eigenvalue weighted by Gasteiger charge is -2.13. The number of aromatic amines is 1. The van der Waals surface area contributed by atoms with Crippen molar-refractivity contribution in [2.24, 2.45) is 0 Å². The number of aryl methyl sites for hydroxylation is 1. The first-order valence-corrected chi connectivity index (χ1v) is 6.60. The van der Waals surface area contributed by atoms with E-state index in [0.29, 0.717) is 17.1 Å². The molecule has 0 unspecified atom stereocenters. The lowest BCUT2D eigenvalue weighted by molar-refractivity contribution is 0.0828. The third-order valence-corrected chi connectivity index (χ3v) is 3.17. The molecule has 1 aromatic carbocycles. The Morgan fingerprint density at radius 3 is 2.80 bits per heavy atom. The van der Waals surface area contributed by atoms with Crippen LogP contribution in [-0.2, 0) is 6.54 Å². The summed E-state index contributed by atoms with van der Waals surface area (Å²) in [5, 5.41) is 3.69. The Balaban J connectivity index is 2.13. The maximum atomic E-state index is 12.0. The van der Waals surface area contributed by atoms with Crippen molar-refractivity contribution in [1.82, 2.24) is 14.9 Å². The fourth-order valence-corrected chi connectivity index (χ4v) is 2.00. The molecule has 0 aliphatic carbocycles. The minimum Gasteiger partial charge on any atom is -0.379 e. The Morgan fingerprint density at radius 1 is 1.45 bits per heavy atom. The van der Waals surface area contributed by atoms with Gasteiger partial charge in [0.25, 0.3) is 5.91 Å². The second kappa shape index (κ2) is 5.96. The van der Waals surface area contributed by atoms with Crippen molar-refractivity contribution in [1.29, 1.82) is 0 Å². The van der Waals surface area contributed by atoms with Gasteiger partial charge in [0.2, 0.25) is 0 Å². The Hall–Kier alpha value is -2.01. The standard InChI is InChI=1S/C14H17ClN4O/c1-9-16-7-11(18-9)8-17-10-4-5-13(15)12(6-10)14(20)19(2)3/h4-7,17H,8H2,1-3H3,(H,16,18). The van der Waals surface area contributed by atoms with Crippen molar-refractivity contribution in [3.8, 4) is 0 Å². The molecule has 0 aliphatic rings. The molecule has 0 spiro atoms. The van der Waals surface area contributed by atoms with Crippen LogP contribution in [0.3, 0.4) is 0 Å². The molecule has 5 nitrogen and oxygen atoms in total. The number of benzene rings is 1. The highest BCUT2D eigenvalue weighted by Crippen LogP contribution is 2.22. The number of aromatic nitrogens is 2. The first kappa shape index (κ1) is 14.4. The average molecular weight is 293 g/mol. The third-order valence-electron chi connectivity index (χ3n) is 2.84. The minimum atomic E-state index is -0.115. The van der Waals surface area contributed by atoms with Gasteiger partial charge in [-0.15, -0.1) is 0 Å². The number of nitrogens with zero attached hydrogens (tertiary/aromatic N) is 2. The van der Waals surface area contributed by atoms with Gasteiger partial charge in [-0.05, 0) is 25.1 Å². The Bertz CT molecular complexity index is 621. The number of imidazole rings is 1. The van der Waals surface area contributed by atoms with E-state index in [-0.39, 0.29) is 5.91 Å². The first-order chi connectivity index (χ1) is 9.47. The number of halogens is 1. The second-order valence-corrected chi connectivity index (χ2v) is 5.15. The Labute approximate surface area is 123 Å². The van der Waals surface area contributed by atoms with E-state index < -0.39 is 0 Å². The molecule has 0 radical (unpaired) electrons. The SMILES string of the molecule is Cc1ncc(CNc2ccc(Cl)c(C(=O)N(C)C)c2)[nH]1. The predicted octanol–water partition coefficient (Wildman–Crippen LogP) is 2.69. The van der Waals surface area contributed by atoms with Crippen LogP contribution < -0.4 is 5.32 Å². The van der Waals surface area contributed by atoms with E-state index in [2.05, 4.69) is 15.3 Å². The number of hydrogen-bond acceptors (Lipinski definition) is 3. The minimum absolute atomic E-state index is 0.115. The van der Waals surface area contributed by atoms with Crippen LogP contribution >= 0.6 is 11.6 Å². The van der Waals surface area contributed by atoms with E-state index in [1.54, 1.807) is 32.4 Å². The van der Waals surface area contributed by atoms with Gasteiger partial charge in [0.15, 0.2) is 0 Å². The number of nitrogens with one attached hydrogen (secondary N) is 2. The van der Waals surface area contributed by atoms with E-state index in [4.69, 9.17) is 11.6 Å². The highest BCUT2D eigenvalue weighted by Gasteiger charge is 2.13. The van der Waals surface area contributed by atoms with Crippen LogP contribution in [0.2, 0.25) is 5.02 Å². The monoisotopic (exact) mass is 292 g/mol. The van der Waals surface area contributed by atoms with Crippen molar-refractivity contribution in [3.05, 3.63) is 46.5 Å². The highest BCUT2D eigenvalue weighted by molar-refractivity contribution is 6.34. The second-order valence-electron chi connectivity index (χ2n) is 4.74. The fraction of sp³-hybridized carbons (Fsp3) is 0.286. The maximum absolute atomic E-state index is 12.0. The topological polar surface area (TPSA) is 61.0 Å². The van der Waals surface area contributed by atoms with Gasteiger partial charge in [0.05, 0.1) is 29.0 Å². The molecule has 0 atom stereocenters. The quantitative estimate of drug-likeness (QED) is 0.911. The summed E-state index contributed by atoms with van der Waals surface area (Å²) in [4.78, 5) is 20.8. The zero-order valence-electron chi connectivity index (χ0n) is 11.7. The van der Waals surface area contributed by atoms with Crippen LogP contribution in [0.1, 0.15) is 21.9 Å². The molecule has 0 fully saturated rings. The average Bonchev–Trinajstić information content (AvgIpc) is 2.82. The van der Waals surface area contributed by atoms with Gasteiger partial charge in [-0.25, -0.2) is 4.98 Å². The molecule has 106 valence electrons. The maximum Gasteiger partial charge on any atom is 0.254 e. The van der Waals surface area contributed by atoms with Gasteiger partial charge in [-0.2, -0.15) is 0 Å². The predicted molar refractivity (Wildman–Crippen MR) is 80.1 cm³/mol. The first-order valence-electron chi connectivity index (χ1n) is 6.23. The molecule has 2 rings (SSSR count). The summed E-state index contributed by atoms with van der Waals surface area (Å²) in [6.07, 6.45) is 1.78. The largest absolute Gasteiger partial charge is 0.379 e. The van der Waals surface area contributed by atoms with Crippen molar-refractivity contribution >= 4 is 23.2 Å². The molecule has 0 bridgehead atoms. The number of carbonyl (C=O) groups is 1. The summed E-state index contributed by atoms with van der Waals surface area (Å²) in [5.41, 5.74) is 2.31. The highest BCUT2D eigenvalue weighted by atomic mass is 35.5. The summed E-state index contributed by atoms with van der Waals surface area (Å²) in [5.74, 6) is 0.761. The van der Waals surface area contributed by atoms with Crippen LogP contribution in [0.4, 0.5) is 5.69 Å². The van der Waals surface area contributed by atoms with Crippen molar-refractivity contribution in [3.63, 3.8) is 0 Å². The lowest BCUT2D eigenvalue weighted by atomic mass is 10.1. The molecular formula is C14H17ClN4O. The summed E-state index contributed by atoms with van der Waals surface area (Å²) in [6.45, 7) is 2.51. The van der Waals surface area contributed by atoms with Gasteiger partial charge in [-0.3, -0.25) is 4.79 Å². The Morgan fingerprint density at radius 2 is 2.20 bits per heavy atom. The van der Waals surface area contributed by atoms with Crippen LogP contribution in [-0.4, -0.2) is 34.9 Å². The van der Waals surface area contributed by atoms with Gasteiger partial charge in [-0.1, -0.05) is 11.6 Å². The number of rotatable bonds is 4. The normalized spacial score (nSPS) is 10.4. The van der Waals surface area contributed by atoms with Crippen LogP contribution in [0, 0.1) is 6.92 Å². The molecular weight excluding hydrogens is 276 g/mol. The number of anilines is 1. The summed E-state index contributed by atoms with van der Waals surface area (Å²) in [7, 11) is 3.40. The molecule has 2 aromatic rings. The summed E-state index contributed by atoms with van der Waals surface area (Å²) < 4.78 is 0. The smallest absolute Gasteiger partial charge is 0.254 e. The van der Waals surface area contributed by atoms with Crippen molar-refractivity contribution in [2.75, 3.05) is 19.4 Å². The van der Waals surface area contributed by atoms with Gasteiger partial charge in [0, 0.05) is 19.8 Å². The summed E-state index contributed by atoms with van der Waals surface area (Å²) in [6, 6.07) is 5.32. The zero-order chi connectivity index (χ0) is 14.7. The molecule has 1 heterocycles. The van der Waals surface area contributed by atoms with Crippen LogP contribution in [0.5, 0.6) is 0 Å². The molecule has 6 heteroatoms. The number of carbonyl (C=O) groups excluding carboxylic acids is 1. The molecule has 2 N–H and O–H groups in total. The molecule has 1 aromatic heterocycles. The third kappa shape index (κ3) is 3.30. The van der Waals surface area contributed by atoms with Crippen LogP contribution in [0.15, 0.2) is 24.4 Å². The molecule has 0 saturated carbocycles. The van der Waals surface area contributed by atoms with Gasteiger partial charge >= 0.3 is 0 Å². The fourth-order valence-electron chi connectivity index (χ4n) is 1.80. The van der Waals surface area contributed by atoms with E-state index in [9.17, 15) is 4.79 Å². The van der Waals surface area contributed by atoms with Gasteiger partial charge < -0.3 is 15.2 Å². The Kier molecular flexibility index (Phi) is 4.29. The zero-order valence-corrected chi connectivity index (χ0v) is 12.5. The summed E-state index contributed by atoms with van der Waals surface area (Å²) >= 11 is 6.06. The van der Waals surface area contributed by atoms with E-state index >= 15 is 0 Å². The van der Waals surface area contributed by atoms with E-state index in [1.807, 2.05) is 13.0 Å². The number of H-pyrrole nitrogens is 1. The van der Waals surface area contributed by atoms with Crippen LogP contribution in [0.25, 0.3) is 0 Å². The molecule has 1 amide bonds.